The molecule has 1 aliphatic heterocycles. The van der Waals surface area contributed by atoms with Gasteiger partial charge >= 0.3 is 0 Å². The molecular formula is C21H27N3O2. The third-order valence-corrected chi connectivity index (χ3v) is 5.04. The fraction of sp³-hybridized carbons (Fsp3) is 0.429. The van der Waals surface area contributed by atoms with E-state index in [0.717, 1.165) is 43.5 Å². The topological polar surface area (TPSA) is 54.3 Å². The van der Waals surface area contributed by atoms with Crippen molar-refractivity contribution >= 4 is 11.8 Å². The summed E-state index contributed by atoms with van der Waals surface area (Å²) in [4.78, 5) is 26.9. The summed E-state index contributed by atoms with van der Waals surface area (Å²) in [5.74, 6) is -0.116. The van der Waals surface area contributed by atoms with E-state index in [1.54, 1.807) is 0 Å². The van der Waals surface area contributed by atoms with E-state index in [2.05, 4.69) is 16.0 Å². The second kappa shape index (κ2) is 8.70. The minimum Gasteiger partial charge on any atom is -0.353 e. The highest BCUT2D eigenvalue weighted by atomic mass is 16.2. The third-order valence-electron chi connectivity index (χ3n) is 5.04. The molecule has 0 spiro atoms. The number of nitrogens with one attached hydrogen (secondary N) is 1. The van der Waals surface area contributed by atoms with Gasteiger partial charge in [-0.2, -0.15) is 0 Å². The minimum absolute atomic E-state index is 0.000452. The van der Waals surface area contributed by atoms with Gasteiger partial charge in [0, 0.05) is 25.5 Å². The van der Waals surface area contributed by atoms with Crippen LogP contribution in [-0.4, -0.2) is 34.4 Å². The van der Waals surface area contributed by atoms with Gasteiger partial charge in [0.15, 0.2) is 0 Å². The lowest BCUT2D eigenvalue weighted by Crippen LogP contribution is -2.42. The van der Waals surface area contributed by atoms with E-state index in [-0.39, 0.29) is 24.4 Å². The average Bonchev–Trinajstić information content (AvgIpc) is 2.92. The predicted molar refractivity (Wildman–Crippen MR) is 101 cm³/mol. The molecule has 1 aromatic carbocycles. The molecule has 5 heteroatoms. The maximum atomic E-state index is 12.8. The summed E-state index contributed by atoms with van der Waals surface area (Å²) in [5, 5.41) is 2.79. The van der Waals surface area contributed by atoms with Gasteiger partial charge in [0.05, 0.1) is 19.0 Å². The van der Waals surface area contributed by atoms with Crippen LogP contribution < -0.4 is 5.32 Å². The maximum absolute atomic E-state index is 12.8. The van der Waals surface area contributed by atoms with E-state index < -0.39 is 0 Å². The summed E-state index contributed by atoms with van der Waals surface area (Å²) < 4.78 is 2.09. The SMILES string of the molecule is Cn1cccc1[C@@H]1CCCCCN1C(=O)CNC(=O)Cc1ccccc1. The lowest BCUT2D eigenvalue weighted by atomic mass is 10.1. The third kappa shape index (κ3) is 4.54. The summed E-state index contributed by atoms with van der Waals surface area (Å²) in [5.41, 5.74) is 2.12. The van der Waals surface area contributed by atoms with Crippen LogP contribution in [0.15, 0.2) is 48.7 Å². The Morgan fingerprint density at radius 1 is 1.08 bits per heavy atom. The molecule has 3 rings (SSSR count). The summed E-state index contributed by atoms with van der Waals surface area (Å²) >= 11 is 0. The molecule has 1 atom stereocenters. The van der Waals surface area contributed by atoms with Crippen LogP contribution in [0.5, 0.6) is 0 Å². The van der Waals surface area contributed by atoms with Crippen molar-refractivity contribution in [1.82, 2.24) is 14.8 Å². The zero-order valence-electron chi connectivity index (χ0n) is 15.4. The molecule has 1 N–H and O–H groups in total. The van der Waals surface area contributed by atoms with Crippen molar-refractivity contribution < 1.29 is 9.59 Å². The van der Waals surface area contributed by atoms with Crippen LogP contribution >= 0.6 is 0 Å². The second-order valence-electron chi connectivity index (χ2n) is 6.94. The standard InChI is InChI=1S/C21H27N3O2/c1-23-13-8-12-18(23)19-11-6-3-7-14-24(19)21(26)16-22-20(25)15-17-9-4-2-5-10-17/h2,4-5,8-10,12-13,19H,3,6-7,11,14-16H2,1H3,(H,22,25)/t19-/m0/s1. The van der Waals surface area contributed by atoms with E-state index in [9.17, 15) is 9.59 Å². The summed E-state index contributed by atoms with van der Waals surface area (Å²) in [6.45, 7) is 0.815. The molecule has 2 amide bonds. The van der Waals surface area contributed by atoms with Gasteiger partial charge in [0.2, 0.25) is 11.8 Å². The van der Waals surface area contributed by atoms with Crippen molar-refractivity contribution in [3.05, 3.63) is 59.9 Å². The molecule has 5 nitrogen and oxygen atoms in total. The number of carbonyl (C=O) groups excluding carboxylic acids is 2. The van der Waals surface area contributed by atoms with Gasteiger partial charge in [-0.25, -0.2) is 0 Å². The van der Waals surface area contributed by atoms with Gasteiger partial charge in [-0.3, -0.25) is 9.59 Å². The number of aromatic nitrogens is 1. The Bertz CT molecular complexity index is 739. The summed E-state index contributed by atoms with van der Waals surface area (Å²) in [6, 6.07) is 13.8. The van der Waals surface area contributed by atoms with Crippen LogP contribution in [0.3, 0.4) is 0 Å². The first-order valence-corrected chi connectivity index (χ1v) is 9.36. The highest BCUT2D eigenvalue weighted by molar-refractivity contribution is 5.86. The number of hydrogen-bond acceptors (Lipinski definition) is 2. The molecule has 138 valence electrons. The lowest BCUT2D eigenvalue weighted by Gasteiger charge is -2.30. The highest BCUT2D eigenvalue weighted by Gasteiger charge is 2.28. The Morgan fingerprint density at radius 2 is 1.88 bits per heavy atom. The molecule has 1 aliphatic rings. The number of rotatable bonds is 5. The van der Waals surface area contributed by atoms with E-state index in [4.69, 9.17) is 0 Å². The van der Waals surface area contributed by atoms with Gasteiger partial charge in [-0.1, -0.05) is 43.2 Å². The maximum Gasteiger partial charge on any atom is 0.242 e. The monoisotopic (exact) mass is 353 g/mol. The smallest absolute Gasteiger partial charge is 0.242 e. The van der Waals surface area contributed by atoms with Crippen molar-refractivity contribution in [3.63, 3.8) is 0 Å². The van der Waals surface area contributed by atoms with Gasteiger partial charge in [0.25, 0.3) is 0 Å². The van der Waals surface area contributed by atoms with Crippen molar-refractivity contribution in [2.24, 2.45) is 7.05 Å². The molecule has 0 saturated carbocycles. The van der Waals surface area contributed by atoms with E-state index in [1.807, 2.05) is 54.5 Å². The Kier molecular flexibility index (Phi) is 6.10. The molecule has 2 heterocycles. The number of amides is 2. The van der Waals surface area contributed by atoms with Crippen LogP contribution in [0.2, 0.25) is 0 Å². The van der Waals surface area contributed by atoms with Gasteiger partial charge < -0.3 is 14.8 Å². The Morgan fingerprint density at radius 3 is 2.62 bits per heavy atom. The molecule has 26 heavy (non-hydrogen) atoms. The van der Waals surface area contributed by atoms with Gasteiger partial charge in [-0.15, -0.1) is 0 Å². The van der Waals surface area contributed by atoms with E-state index in [0.29, 0.717) is 6.42 Å². The molecule has 0 unspecified atom stereocenters. The van der Waals surface area contributed by atoms with Crippen molar-refractivity contribution in [3.8, 4) is 0 Å². The molecule has 1 aromatic heterocycles. The van der Waals surface area contributed by atoms with E-state index >= 15 is 0 Å². The van der Waals surface area contributed by atoms with Crippen molar-refractivity contribution in [2.75, 3.05) is 13.1 Å². The number of aryl methyl sites for hydroxylation is 1. The fourth-order valence-electron chi connectivity index (χ4n) is 3.65. The minimum atomic E-state index is -0.116. The fourth-order valence-corrected chi connectivity index (χ4v) is 3.65. The molecule has 0 aliphatic carbocycles. The largest absolute Gasteiger partial charge is 0.353 e. The zero-order valence-corrected chi connectivity index (χ0v) is 15.4. The number of carbonyl (C=O) groups is 2. The second-order valence-corrected chi connectivity index (χ2v) is 6.94. The van der Waals surface area contributed by atoms with Crippen molar-refractivity contribution in [1.29, 1.82) is 0 Å². The average molecular weight is 353 g/mol. The number of nitrogens with zero attached hydrogens (tertiary/aromatic N) is 2. The number of likely N-dealkylation sites (tertiary alicyclic amines) is 1. The van der Waals surface area contributed by atoms with Crippen LogP contribution in [0.4, 0.5) is 0 Å². The first-order chi connectivity index (χ1) is 12.6. The first-order valence-electron chi connectivity index (χ1n) is 9.36. The predicted octanol–water partition coefficient (Wildman–Crippen LogP) is 2.83. The van der Waals surface area contributed by atoms with Crippen LogP contribution in [-0.2, 0) is 23.1 Å². The number of benzene rings is 1. The summed E-state index contributed by atoms with van der Waals surface area (Å²) in [6.07, 6.45) is 6.58. The Balaban J connectivity index is 1.61. The van der Waals surface area contributed by atoms with Crippen LogP contribution in [0.25, 0.3) is 0 Å². The van der Waals surface area contributed by atoms with E-state index in [1.165, 1.54) is 0 Å². The number of hydrogen-bond donors (Lipinski definition) is 1. The van der Waals surface area contributed by atoms with Crippen molar-refractivity contribution in [2.45, 2.75) is 38.1 Å². The molecule has 0 radical (unpaired) electrons. The molecular weight excluding hydrogens is 326 g/mol. The quantitative estimate of drug-likeness (QED) is 0.899. The van der Waals surface area contributed by atoms with Gasteiger partial charge in [0.1, 0.15) is 0 Å². The normalized spacial score (nSPS) is 17.6. The highest BCUT2D eigenvalue weighted by Crippen LogP contribution is 2.30. The Labute approximate surface area is 155 Å². The zero-order chi connectivity index (χ0) is 18.4. The lowest BCUT2D eigenvalue weighted by molar-refractivity contribution is -0.135. The van der Waals surface area contributed by atoms with Gasteiger partial charge in [-0.05, 0) is 30.5 Å². The van der Waals surface area contributed by atoms with Crippen LogP contribution in [0, 0.1) is 0 Å². The molecule has 1 fully saturated rings. The molecule has 1 saturated heterocycles. The molecule has 0 bridgehead atoms. The molecule has 2 aromatic rings. The summed E-state index contributed by atoms with van der Waals surface area (Å²) in [7, 11) is 2.02. The Hall–Kier alpha value is -2.56. The van der Waals surface area contributed by atoms with Crippen LogP contribution in [0.1, 0.15) is 43.0 Å². The first kappa shape index (κ1) is 18.2.